The van der Waals surface area contributed by atoms with Crippen molar-refractivity contribution in [1.29, 1.82) is 0 Å². The molecule has 0 saturated heterocycles. The van der Waals surface area contributed by atoms with Crippen LogP contribution < -0.4 is 0 Å². The molecule has 0 bridgehead atoms. The van der Waals surface area contributed by atoms with E-state index >= 15 is 0 Å². The Bertz CT molecular complexity index is 170. The number of aliphatic carboxylic acids is 1. The van der Waals surface area contributed by atoms with Gasteiger partial charge in [0, 0.05) is 0 Å². The normalized spacial score (nSPS) is 34.6. The highest BCUT2D eigenvalue weighted by Gasteiger charge is 2.54. The van der Waals surface area contributed by atoms with Crippen LogP contribution in [0.4, 0.5) is 0 Å². The van der Waals surface area contributed by atoms with Gasteiger partial charge in [-0.15, -0.1) is 0 Å². The van der Waals surface area contributed by atoms with E-state index in [1.54, 1.807) is 0 Å². The maximum absolute atomic E-state index is 10.7. The predicted octanol–water partition coefficient (Wildman–Crippen LogP) is 1.65. The van der Waals surface area contributed by atoms with Crippen molar-refractivity contribution in [3.63, 3.8) is 0 Å². The van der Waals surface area contributed by atoms with Crippen LogP contribution in [-0.4, -0.2) is 11.1 Å². The van der Waals surface area contributed by atoms with Gasteiger partial charge in [-0.1, -0.05) is 6.42 Å². The van der Waals surface area contributed by atoms with E-state index < -0.39 is 5.97 Å². The van der Waals surface area contributed by atoms with E-state index in [4.69, 9.17) is 5.11 Å². The van der Waals surface area contributed by atoms with Crippen molar-refractivity contribution in [3.8, 4) is 0 Å². The number of carboxylic acid groups (broad SMARTS) is 1. The minimum absolute atomic E-state index is 0.00694. The molecule has 2 saturated carbocycles. The molecule has 0 unspecified atom stereocenters. The lowest BCUT2D eigenvalue weighted by molar-refractivity contribution is -0.143. The van der Waals surface area contributed by atoms with Crippen molar-refractivity contribution in [2.75, 3.05) is 0 Å². The quantitative estimate of drug-likeness (QED) is 0.601. The molecule has 2 rings (SSSR count). The number of carboxylic acids is 1. The van der Waals surface area contributed by atoms with Crippen molar-refractivity contribution >= 4 is 5.97 Å². The summed E-state index contributed by atoms with van der Waals surface area (Å²) in [6, 6.07) is 0. The molecule has 2 heteroatoms. The van der Waals surface area contributed by atoms with Gasteiger partial charge < -0.3 is 5.11 Å². The smallest absolute Gasteiger partial charge is 0.307 e. The molecular weight excluding hydrogens is 128 g/mol. The Balaban J connectivity index is 2.14. The van der Waals surface area contributed by atoms with Gasteiger partial charge in [-0.05, 0) is 31.1 Å². The molecule has 1 atom stereocenters. The molecule has 56 valence electrons. The minimum atomic E-state index is -0.560. The summed E-state index contributed by atoms with van der Waals surface area (Å²) in [7, 11) is 0. The first kappa shape index (κ1) is 6.20. The number of hydrogen-bond donors (Lipinski definition) is 1. The lowest BCUT2D eigenvalue weighted by Crippen LogP contribution is -2.18. The molecule has 1 N–H and O–H groups in total. The maximum Gasteiger partial charge on any atom is 0.307 e. The standard InChI is InChI=1S/C8H12O2/c9-7(10)6-2-1-3-8(6)4-5-8/h6H,1-5H2,(H,9,10)/t6-/m0/s1. The van der Waals surface area contributed by atoms with Crippen molar-refractivity contribution in [2.24, 2.45) is 11.3 Å². The molecule has 0 aromatic rings. The number of rotatable bonds is 1. The second kappa shape index (κ2) is 1.74. The SMILES string of the molecule is O=C(O)[C@@H]1CCCC12CC2. The fraction of sp³-hybridized carbons (Fsp3) is 0.875. The Labute approximate surface area is 60.2 Å². The van der Waals surface area contributed by atoms with E-state index in [1.165, 1.54) is 19.3 Å². The molecule has 0 aromatic carbocycles. The number of carbonyl (C=O) groups is 1. The van der Waals surface area contributed by atoms with Gasteiger partial charge in [0.25, 0.3) is 0 Å². The van der Waals surface area contributed by atoms with Crippen LogP contribution in [0, 0.1) is 11.3 Å². The Morgan fingerprint density at radius 2 is 2.10 bits per heavy atom. The van der Waals surface area contributed by atoms with Crippen molar-refractivity contribution in [1.82, 2.24) is 0 Å². The van der Waals surface area contributed by atoms with Gasteiger partial charge in [0.15, 0.2) is 0 Å². The van der Waals surface area contributed by atoms with Gasteiger partial charge in [-0.25, -0.2) is 0 Å². The first-order valence-electron chi connectivity index (χ1n) is 3.97. The predicted molar refractivity (Wildman–Crippen MR) is 36.6 cm³/mol. The van der Waals surface area contributed by atoms with Gasteiger partial charge >= 0.3 is 5.97 Å². The van der Waals surface area contributed by atoms with Crippen LogP contribution >= 0.6 is 0 Å². The summed E-state index contributed by atoms with van der Waals surface area (Å²) in [5.74, 6) is -0.553. The monoisotopic (exact) mass is 140 g/mol. The fourth-order valence-corrected chi connectivity index (χ4v) is 2.28. The molecule has 0 aromatic heterocycles. The van der Waals surface area contributed by atoms with Crippen LogP contribution in [0.2, 0.25) is 0 Å². The van der Waals surface area contributed by atoms with Crippen LogP contribution in [0.3, 0.4) is 0 Å². The Morgan fingerprint density at radius 1 is 1.40 bits per heavy atom. The average Bonchev–Trinajstić information content (AvgIpc) is 2.42. The fourth-order valence-electron chi connectivity index (χ4n) is 2.28. The highest BCUT2D eigenvalue weighted by atomic mass is 16.4. The summed E-state index contributed by atoms with van der Waals surface area (Å²) in [6.45, 7) is 0. The van der Waals surface area contributed by atoms with Crippen LogP contribution in [0.5, 0.6) is 0 Å². The zero-order chi connectivity index (χ0) is 7.19. The molecule has 0 radical (unpaired) electrons. The third kappa shape index (κ3) is 0.678. The Kier molecular flexibility index (Phi) is 1.08. The summed E-state index contributed by atoms with van der Waals surface area (Å²) in [4.78, 5) is 10.7. The summed E-state index contributed by atoms with van der Waals surface area (Å²) in [5, 5.41) is 8.79. The van der Waals surface area contributed by atoms with Crippen LogP contribution in [0.1, 0.15) is 32.1 Å². The largest absolute Gasteiger partial charge is 0.481 e. The zero-order valence-corrected chi connectivity index (χ0v) is 5.97. The third-order valence-electron chi connectivity index (χ3n) is 3.10. The lowest BCUT2D eigenvalue weighted by Gasteiger charge is -2.11. The van der Waals surface area contributed by atoms with Gasteiger partial charge in [0.05, 0.1) is 5.92 Å². The molecule has 2 aliphatic carbocycles. The van der Waals surface area contributed by atoms with E-state index in [0.717, 1.165) is 12.8 Å². The van der Waals surface area contributed by atoms with Crippen LogP contribution in [-0.2, 0) is 4.79 Å². The van der Waals surface area contributed by atoms with Crippen molar-refractivity contribution in [2.45, 2.75) is 32.1 Å². The van der Waals surface area contributed by atoms with E-state index in [1.807, 2.05) is 0 Å². The summed E-state index contributed by atoms with van der Waals surface area (Å²) in [5.41, 5.74) is 0.284. The van der Waals surface area contributed by atoms with Crippen molar-refractivity contribution < 1.29 is 9.90 Å². The minimum Gasteiger partial charge on any atom is -0.481 e. The second-order valence-corrected chi connectivity index (χ2v) is 3.65. The maximum atomic E-state index is 10.7. The molecule has 0 aliphatic heterocycles. The topological polar surface area (TPSA) is 37.3 Å². The van der Waals surface area contributed by atoms with E-state index in [9.17, 15) is 4.79 Å². The van der Waals surface area contributed by atoms with Gasteiger partial charge in [0.2, 0.25) is 0 Å². The van der Waals surface area contributed by atoms with E-state index in [-0.39, 0.29) is 11.3 Å². The molecule has 2 fully saturated rings. The Morgan fingerprint density at radius 3 is 2.50 bits per heavy atom. The van der Waals surface area contributed by atoms with Crippen molar-refractivity contribution in [3.05, 3.63) is 0 Å². The highest BCUT2D eigenvalue weighted by Crippen LogP contribution is 2.61. The molecule has 0 amide bonds. The highest BCUT2D eigenvalue weighted by molar-refractivity contribution is 5.72. The van der Waals surface area contributed by atoms with E-state index in [2.05, 4.69) is 0 Å². The molecular formula is C8H12O2. The van der Waals surface area contributed by atoms with Gasteiger partial charge in [-0.3, -0.25) is 4.79 Å². The number of hydrogen-bond acceptors (Lipinski definition) is 1. The Hall–Kier alpha value is -0.530. The first-order chi connectivity index (χ1) is 4.75. The summed E-state index contributed by atoms with van der Waals surface area (Å²) >= 11 is 0. The molecule has 2 aliphatic rings. The molecule has 1 spiro atoms. The second-order valence-electron chi connectivity index (χ2n) is 3.65. The van der Waals surface area contributed by atoms with Crippen LogP contribution in [0.15, 0.2) is 0 Å². The van der Waals surface area contributed by atoms with Gasteiger partial charge in [0.1, 0.15) is 0 Å². The average molecular weight is 140 g/mol. The van der Waals surface area contributed by atoms with E-state index in [0.29, 0.717) is 0 Å². The third-order valence-corrected chi connectivity index (χ3v) is 3.10. The lowest BCUT2D eigenvalue weighted by atomic mass is 9.93. The molecule has 10 heavy (non-hydrogen) atoms. The molecule has 0 heterocycles. The van der Waals surface area contributed by atoms with Gasteiger partial charge in [-0.2, -0.15) is 0 Å². The summed E-state index contributed by atoms with van der Waals surface area (Å²) in [6.07, 6.45) is 5.57. The molecule has 2 nitrogen and oxygen atoms in total. The first-order valence-corrected chi connectivity index (χ1v) is 3.97. The summed E-state index contributed by atoms with van der Waals surface area (Å²) < 4.78 is 0. The van der Waals surface area contributed by atoms with Crippen LogP contribution in [0.25, 0.3) is 0 Å². The zero-order valence-electron chi connectivity index (χ0n) is 5.97.